The minimum atomic E-state index is 0.147. The van der Waals surface area contributed by atoms with Crippen LogP contribution < -0.4 is 0 Å². The molecular weight excluding hydrogens is 236 g/mol. The molecule has 0 radical (unpaired) electrons. The molecule has 0 bridgehead atoms. The van der Waals surface area contributed by atoms with Crippen LogP contribution in [0, 0.1) is 5.92 Å². The molecule has 19 heavy (non-hydrogen) atoms. The molecule has 1 amide bonds. The average Bonchev–Trinajstić information content (AvgIpc) is 2.46. The molecule has 0 aromatic heterocycles. The minimum Gasteiger partial charge on any atom is -0.332 e. The van der Waals surface area contributed by atoms with E-state index < -0.39 is 0 Å². The van der Waals surface area contributed by atoms with Crippen LogP contribution in [0.2, 0.25) is 0 Å². The molecule has 1 heterocycles. The molecule has 3 nitrogen and oxygen atoms in total. The van der Waals surface area contributed by atoms with Crippen molar-refractivity contribution in [1.29, 1.82) is 0 Å². The van der Waals surface area contributed by atoms with Crippen LogP contribution in [0.5, 0.6) is 0 Å². The van der Waals surface area contributed by atoms with Crippen molar-refractivity contribution in [2.45, 2.75) is 33.2 Å². The molecule has 3 heteroatoms. The first-order valence-electron chi connectivity index (χ1n) is 6.99. The highest BCUT2D eigenvalue weighted by molar-refractivity contribution is 6.03. The maximum atomic E-state index is 11.9. The monoisotopic (exact) mass is 258 g/mol. The summed E-state index contributed by atoms with van der Waals surface area (Å²) < 4.78 is 0. The molecular formula is C16H22N2O. The third-order valence-corrected chi connectivity index (χ3v) is 4.00. The summed E-state index contributed by atoms with van der Waals surface area (Å²) in [5.74, 6) is 0.638. The Bertz CT molecular complexity index is 467. The highest BCUT2D eigenvalue weighted by Crippen LogP contribution is 2.20. The van der Waals surface area contributed by atoms with Gasteiger partial charge in [0.1, 0.15) is 0 Å². The molecule has 0 fully saturated rings. The number of rotatable bonds is 3. The van der Waals surface area contributed by atoms with Crippen molar-refractivity contribution >= 4 is 11.6 Å². The summed E-state index contributed by atoms with van der Waals surface area (Å²) in [5, 5.41) is 0. The lowest BCUT2D eigenvalue weighted by Gasteiger charge is -2.37. The van der Waals surface area contributed by atoms with Crippen molar-refractivity contribution in [1.82, 2.24) is 4.90 Å². The van der Waals surface area contributed by atoms with Gasteiger partial charge in [0.15, 0.2) is 0 Å². The Morgan fingerprint density at radius 1 is 1.42 bits per heavy atom. The SMILES string of the molecule is CCC(C)C1CN=C(c2ccccc2)CN1C(C)=O. The summed E-state index contributed by atoms with van der Waals surface area (Å²) >= 11 is 0. The summed E-state index contributed by atoms with van der Waals surface area (Å²) in [6.07, 6.45) is 1.07. The molecule has 2 unspecified atom stereocenters. The molecule has 1 aliphatic heterocycles. The van der Waals surface area contributed by atoms with Gasteiger partial charge in [-0.05, 0) is 11.5 Å². The van der Waals surface area contributed by atoms with Gasteiger partial charge in [0.05, 0.1) is 24.8 Å². The number of aliphatic imine (C=N–C) groups is 1. The van der Waals surface area contributed by atoms with Crippen LogP contribution in [-0.4, -0.2) is 35.7 Å². The first-order chi connectivity index (χ1) is 9.13. The van der Waals surface area contributed by atoms with Crippen molar-refractivity contribution < 1.29 is 4.79 Å². The quantitative estimate of drug-likeness (QED) is 0.820. The fourth-order valence-electron chi connectivity index (χ4n) is 2.55. The van der Waals surface area contributed by atoms with E-state index >= 15 is 0 Å². The lowest BCUT2D eigenvalue weighted by molar-refractivity contribution is -0.131. The lowest BCUT2D eigenvalue weighted by Crippen LogP contribution is -2.50. The van der Waals surface area contributed by atoms with E-state index in [2.05, 4.69) is 26.0 Å². The third kappa shape index (κ3) is 3.03. The van der Waals surface area contributed by atoms with Crippen molar-refractivity contribution in [3.63, 3.8) is 0 Å². The molecule has 1 aromatic carbocycles. The van der Waals surface area contributed by atoms with Crippen LogP contribution >= 0.6 is 0 Å². The first-order valence-corrected chi connectivity index (χ1v) is 6.99. The fourth-order valence-corrected chi connectivity index (χ4v) is 2.55. The Morgan fingerprint density at radius 3 is 2.68 bits per heavy atom. The predicted molar refractivity (Wildman–Crippen MR) is 78.5 cm³/mol. The summed E-state index contributed by atoms with van der Waals surface area (Å²) in [5.41, 5.74) is 2.15. The third-order valence-electron chi connectivity index (χ3n) is 4.00. The van der Waals surface area contributed by atoms with Gasteiger partial charge in [-0.2, -0.15) is 0 Å². The topological polar surface area (TPSA) is 32.7 Å². The number of amides is 1. The van der Waals surface area contributed by atoms with Crippen molar-refractivity contribution in [3.05, 3.63) is 35.9 Å². The van der Waals surface area contributed by atoms with Crippen LogP contribution in [0.1, 0.15) is 32.8 Å². The van der Waals surface area contributed by atoms with Gasteiger partial charge in [0.2, 0.25) is 5.91 Å². The maximum absolute atomic E-state index is 11.9. The van der Waals surface area contributed by atoms with Crippen LogP contribution in [0.4, 0.5) is 0 Å². The van der Waals surface area contributed by atoms with E-state index in [0.29, 0.717) is 12.5 Å². The van der Waals surface area contributed by atoms with Gasteiger partial charge in [0, 0.05) is 6.92 Å². The molecule has 102 valence electrons. The first kappa shape index (κ1) is 13.8. The molecule has 1 aromatic rings. The maximum Gasteiger partial charge on any atom is 0.220 e. The number of hydrogen-bond donors (Lipinski definition) is 0. The van der Waals surface area contributed by atoms with Gasteiger partial charge in [-0.3, -0.25) is 9.79 Å². The summed E-state index contributed by atoms with van der Waals surface area (Å²) in [7, 11) is 0. The highest BCUT2D eigenvalue weighted by Gasteiger charge is 2.29. The van der Waals surface area contributed by atoms with E-state index in [-0.39, 0.29) is 11.9 Å². The number of carbonyl (C=O) groups is 1. The average molecular weight is 258 g/mol. The zero-order valence-corrected chi connectivity index (χ0v) is 12.0. The van der Waals surface area contributed by atoms with Gasteiger partial charge in [-0.15, -0.1) is 0 Å². The molecule has 0 N–H and O–H groups in total. The second-order valence-corrected chi connectivity index (χ2v) is 5.25. The van der Waals surface area contributed by atoms with E-state index in [1.54, 1.807) is 6.92 Å². The van der Waals surface area contributed by atoms with Gasteiger partial charge in [-0.1, -0.05) is 50.6 Å². The number of nitrogens with zero attached hydrogens (tertiary/aromatic N) is 2. The van der Waals surface area contributed by atoms with Gasteiger partial charge >= 0.3 is 0 Å². The second kappa shape index (κ2) is 6.00. The Hall–Kier alpha value is -1.64. The Kier molecular flexibility index (Phi) is 4.35. The zero-order chi connectivity index (χ0) is 13.8. The Balaban J connectivity index is 2.23. The largest absolute Gasteiger partial charge is 0.332 e. The summed E-state index contributed by atoms with van der Waals surface area (Å²) in [6, 6.07) is 10.4. The summed E-state index contributed by atoms with van der Waals surface area (Å²) in [6.45, 7) is 7.37. The molecule has 2 atom stereocenters. The standard InChI is InChI=1S/C16H22N2O/c1-4-12(2)16-10-17-15(11-18(16)13(3)19)14-8-6-5-7-9-14/h5-9,12,16H,4,10-11H2,1-3H3. The molecule has 0 saturated heterocycles. The van der Waals surface area contributed by atoms with Gasteiger partial charge in [0.25, 0.3) is 0 Å². The Labute approximate surface area is 115 Å². The molecule has 0 spiro atoms. The smallest absolute Gasteiger partial charge is 0.220 e. The van der Waals surface area contributed by atoms with E-state index in [1.165, 1.54) is 0 Å². The normalized spacial score (nSPS) is 20.9. The summed E-state index contributed by atoms with van der Waals surface area (Å²) in [4.78, 5) is 18.6. The van der Waals surface area contributed by atoms with E-state index in [0.717, 1.165) is 24.2 Å². The second-order valence-electron chi connectivity index (χ2n) is 5.25. The lowest BCUT2D eigenvalue weighted by atomic mass is 9.95. The van der Waals surface area contributed by atoms with Crippen molar-refractivity contribution in [2.24, 2.45) is 10.9 Å². The number of carbonyl (C=O) groups excluding carboxylic acids is 1. The van der Waals surface area contributed by atoms with E-state index in [1.807, 2.05) is 23.1 Å². The molecule has 1 aliphatic rings. The number of benzene rings is 1. The van der Waals surface area contributed by atoms with Crippen LogP contribution in [0.15, 0.2) is 35.3 Å². The highest BCUT2D eigenvalue weighted by atomic mass is 16.2. The van der Waals surface area contributed by atoms with Gasteiger partial charge < -0.3 is 4.90 Å². The van der Waals surface area contributed by atoms with Crippen molar-refractivity contribution in [3.8, 4) is 0 Å². The van der Waals surface area contributed by atoms with E-state index in [9.17, 15) is 4.79 Å². The molecule has 0 saturated carbocycles. The minimum absolute atomic E-state index is 0.147. The van der Waals surface area contributed by atoms with Crippen LogP contribution in [-0.2, 0) is 4.79 Å². The van der Waals surface area contributed by atoms with Gasteiger partial charge in [-0.25, -0.2) is 0 Å². The van der Waals surface area contributed by atoms with Crippen molar-refractivity contribution in [2.75, 3.05) is 13.1 Å². The number of hydrogen-bond acceptors (Lipinski definition) is 2. The zero-order valence-electron chi connectivity index (χ0n) is 12.0. The molecule has 0 aliphatic carbocycles. The molecule has 2 rings (SSSR count). The van der Waals surface area contributed by atoms with Crippen LogP contribution in [0.3, 0.4) is 0 Å². The van der Waals surface area contributed by atoms with Crippen LogP contribution in [0.25, 0.3) is 0 Å². The Morgan fingerprint density at radius 2 is 2.11 bits per heavy atom. The fraction of sp³-hybridized carbons (Fsp3) is 0.500. The predicted octanol–water partition coefficient (Wildman–Crippen LogP) is 2.75. The van der Waals surface area contributed by atoms with E-state index in [4.69, 9.17) is 4.99 Å².